The van der Waals surface area contributed by atoms with Gasteiger partial charge >= 0.3 is 0 Å². The molecular weight excluding hydrogens is 362 g/mol. The molecule has 27 heavy (non-hydrogen) atoms. The van der Waals surface area contributed by atoms with Crippen LogP contribution in [0.2, 0.25) is 0 Å². The van der Waals surface area contributed by atoms with Gasteiger partial charge in [0.15, 0.2) is 0 Å². The summed E-state index contributed by atoms with van der Waals surface area (Å²) in [6, 6.07) is 9.37. The lowest BCUT2D eigenvalue weighted by Gasteiger charge is -2.36. The number of hydrogen-bond acceptors (Lipinski definition) is 4. The molecule has 6 nitrogen and oxygen atoms in total. The summed E-state index contributed by atoms with van der Waals surface area (Å²) < 4.78 is 26.5. The zero-order valence-corrected chi connectivity index (χ0v) is 16.8. The van der Waals surface area contributed by atoms with Crippen LogP contribution in [0.15, 0.2) is 35.7 Å². The van der Waals surface area contributed by atoms with E-state index in [1.54, 1.807) is 11.0 Å². The maximum atomic E-state index is 12.5. The highest BCUT2D eigenvalue weighted by molar-refractivity contribution is 7.92. The highest BCUT2D eigenvalue weighted by Gasteiger charge is 2.28. The first-order valence-corrected chi connectivity index (χ1v) is 11.2. The number of piperazine rings is 1. The van der Waals surface area contributed by atoms with E-state index in [1.165, 1.54) is 9.71 Å². The van der Waals surface area contributed by atoms with Crippen molar-refractivity contribution in [1.29, 1.82) is 0 Å². The Kier molecular flexibility index (Phi) is 6.68. The van der Waals surface area contributed by atoms with Crippen LogP contribution in [0.5, 0.6) is 0 Å². The normalized spacial score (nSPS) is 21.0. The summed E-state index contributed by atoms with van der Waals surface area (Å²) >= 11 is 0. The van der Waals surface area contributed by atoms with Gasteiger partial charge in [0.1, 0.15) is 0 Å². The lowest BCUT2D eigenvalue weighted by Crippen LogP contribution is -2.52. The predicted molar refractivity (Wildman–Crippen MR) is 107 cm³/mol. The van der Waals surface area contributed by atoms with E-state index in [2.05, 4.69) is 11.8 Å². The van der Waals surface area contributed by atoms with Crippen LogP contribution in [0.25, 0.3) is 6.08 Å². The Labute approximate surface area is 162 Å². The molecule has 0 aromatic heterocycles. The smallest absolute Gasteiger partial charge is 0.236 e. The van der Waals surface area contributed by atoms with Crippen LogP contribution in [-0.4, -0.2) is 74.2 Å². The van der Waals surface area contributed by atoms with E-state index >= 15 is 0 Å². The molecule has 2 heterocycles. The third-order valence-electron chi connectivity index (χ3n) is 5.42. The zero-order valence-electron chi connectivity index (χ0n) is 16.0. The van der Waals surface area contributed by atoms with Crippen molar-refractivity contribution in [2.45, 2.75) is 19.8 Å². The second kappa shape index (κ2) is 8.99. The lowest BCUT2D eigenvalue weighted by atomic mass is 9.99. The lowest BCUT2D eigenvalue weighted by molar-refractivity contribution is -0.133. The average Bonchev–Trinajstić information content (AvgIpc) is 2.69. The number of sulfonamides is 1. The van der Waals surface area contributed by atoms with Crippen LogP contribution in [-0.2, 0) is 14.8 Å². The van der Waals surface area contributed by atoms with Gasteiger partial charge in [-0.25, -0.2) is 8.42 Å². The van der Waals surface area contributed by atoms with E-state index in [-0.39, 0.29) is 5.91 Å². The molecular formula is C20H29N3O3S. The highest BCUT2D eigenvalue weighted by Crippen LogP contribution is 2.16. The molecule has 7 heteroatoms. The molecule has 2 saturated heterocycles. The van der Waals surface area contributed by atoms with E-state index in [0.717, 1.165) is 37.4 Å². The standard InChI is InChI=1S/C20H29N3O3S/c1-18-7-10-21(11-8-18)17-20(24)22-12-14-23(15-13-22)27(25,26)16-9-19-5-3-2-4-6-19/h2-6,9,16,18H,7-8,10-15,17H2,1H3. The molecule has 0 saturated carbocycles. The van der Waals surface area contributed by atoms with E-state index in [4.69, 9.17) is 0 Å². The first-order chi connectivity index (χ1) is 12.9. The van der Waals surface area contributed by atoms with Gasteiger partial charge < -0.3 is 4.90 Å². The number of benzene rings is 1. The molecule has 148 valence electrons. The van der Waals surface area contributed by atoms with E-state index in [9.17, 15) is 13.2 Å². The summed E-state index contributed by atoms with van der Waals surface area (Å²) in [6.07, 6.45) is 3.91. The van der Waals surface area contributed by atoms with Crippen LogP contribution in [0.3, 0.4) is 0 Å². The molecule has 3 rings (SSSR count). The Morgan fingerprint density at radius 3 is 2.30 bits per heavy atom. The number of amides is 1. The van der Waals surface area contributed by atoms with Crippen molar-refractivity contribution >= 4 is 22.0 Å². The predicted octanol–water partition coefficient (Wildman–Crippen LogP) is 1.86. The largest absolute Gasteiger partial charge is 0.339 e. The number of nitrogens with zero attached hydrogens (tertiary/aromatic N) is 3. The van der Waals surface area contributed by atoms with Crippen LogP contribution in [0, 0.1) is 5.92 Å². The maximum absolute atomic E-state index is 12.5. The van der Waals surface area contributed by atoms with Crippen molar-refractivity contribution in [2.24, 2.45) is 5.92 Å². The molecule has 2 aliphatic rings. The van der Waals surface area contributed by atoms with E-state index in [1.807, 2.05) is 30.3 Å². The van der Waals surface area contributed by atoms with Crippen molar-refractivity contribution in [3.8, 4) is 0 Å². The Morgan fingerprint density at radius 1 is 1.04 bits per heavy atom. The fourth-order valence-electron chi connectivity index (χ4n) is 3.52. The molecule has 0 atom stereocenters. The minimum atomic E-state index is -3.46. The van der Waals surface area contributed by atoms with Gasteiger partial charge in [0, 0.05) is 31.6 Å². The van der Waals surface area contributed by atoms with Crippen LogP contribution >= 0.6 is 0 Å². The third kappa shape index (κ3) is 5.64. The maximum Gasteiger partial charge on any atom is 0.236 e. The Bertz CT molecular complexity index is 748. The van der Waals surface area contributed by atoms with Crippen LogP contribution in [0.1, 0.15) is 25.3 Å². The van der Waals surface area contributed by atoms with Gasteiger partial charge in [0.05, 0.1) is 6.54 Å². The first kappa shape index (κ1) is 20.0. The molecule has 2 aliphatic heterocycles. The highest BCUT2D eigenvalue weighted by atomic mass is 32.2. The van der Waals surface area contributed by atoms with E-state index in [0.29, 0.717) is 32.7 Å². The number of rotatable bonds is 5. The Balaban J connectivity index is 1.49. The number of hydrogen-bond donors (Lipinski definition) is 0. The molecule has 0 aliphatic carbocycles. The van der Waals surface area contributed by atoms with Gasteiger partial charge in [0.2, 0.25) is 15.9 Å². The SMILES string of the molecule is CC1CCN(CC(=O)N2CCN(S(=O)(=O)C=Cc3ccccc3)CC2)CC1. The molecule has 1 aromatic carbocycles. The topological polar surface area (TPSA) is 60.9 Å². The fraction of sp³-hybridized carbons (Fsp3) is 0.550. The molecule has 1 amide bonds. The summed E-state index contributed by atoms with van der Waals surface area (Å²) in [4.78, 5) is 16.5. The van der Waals surface area contributed by atoms with Gasteiger partial charge in [-0.15, -0.1) is 0 Å². The number of carbonyl (C=O) groups is 1. The molecule has 1 aromatic rings. The van der Waals surface area contributed by atoms with Gasteiger partial charge in [-0.2, -0.15) is 4.31 Å². The van der Waals surface area contributed by atoms with Crippen molar-refractivity contribution in [2.75, 3.05) is 45.8 Å². The second-order valence-electron chi connectivity index (χ2n) is 7.50. The van der Waals surface area contributed by atoms with E-state index < -0.39 is 10.0 Å². The third-order valence-corrected chi connectivity index (χ3v) is 6.98. The van der Waals surface area contributed by atoms with Gasteiger partial charge in [-0.3, -0.25) is 9.69 Å². The van der Waals surface area contributed by atoms with Crippen molar-refractivity contribution in [3.05, 3.63) is 41.3 Å². The first-order valence-electron chi connectivity index (χ1n) is 9.67. The summed E-state index contributed by atoms with van der Waals surface area (Å²) in [7, 11) is -3.46. The van der Waals surface area contributed by atoms with Gasteiger partial charge in [-0.1, -0.05) is 37.3 Å². The van der Waals surface area contributed by atoms with Crippen molar-refractivity contribution in [3.63, 3.8) is 0 Å². The minimum Gasteiger partial charge on any atom is -0.339 e. The molecule has 0 spiro atoms. The van der Waals surface area contributed by atoms with Crippen LogP contribution in [0.4, 0.5) is 0 Å². The number of likely N-dealkylation sites (tertiary alicyclic amines) is 1. The zero-order chi connectivity index (χ0) is 19.3. The summed E-state index contributed by atoms with van der Waals surface area (Å²) in [5.74, 6) is 0.857. The Hall–Kier alpha value is -1.70. The monoisotopic (exact) mass is 391 g/mol. The Morgan fingerprint density at radius 2 is 1.67 bits per heavy atom. The number of carbonyl (C=O) groups excluding carboxylic acids is 1. The van der Waals surface area contributed by atoms with Gasteiger partial charge in [-0.05, 0) is 43.5 Å². The summed E-state index contributed by atoms with van der Waals surface area (Å²) in [5, 5.41) is 1.26. The molecule has 0 bridgehead atoms. The molecule has 2 fully saturated rings. The molecule has 0 unspecified atom stereocenters. The minimum absolute atomic E-state index is 0.112. The summed E-state index contributed by atoms with van der Waals surface area (Å²) in [5.41, 5.74) is 0.853. The molecule has 0 N–H and O–H groups in total. The second-order valence-corrected chi connectivity index (χ2v) is 9.32. The van der Waals surface area contributed by atoms with Gasteiger partial charge in [0.25, 0.3) is 0 Å². The average molecular weight is 392 g/mol. The molecule has 0 radical (unpaired) electrons. The summed E-state index contributed by atoms with van der Waals surface area (Å²) in [6.45, 7) is 6.28. The van der Waals surface area contributed by atoms with Crippen LogP contribution < -0.4 is 0 Å². The number of piperidine rings is 1. The quantitative estimate of drug-likeness (QED) is 0.769. The van der Waals surface area contributed by atoms with Crippen molar-refractivity contribution < 1.29 is 13.2 Å². The van der Waals surface area contributed by atoms with Crippen molar-refractivity contribution in [1.82, 2.24) is 14.1 Å². The fourth-order valence-corrected chi connectivity index (χ4v) is 4.69.